The molecule has 0 aromatic heterocycles. The molecule has 0 heterocycles. The van der Waals surface area contributed by atoms with Crippen molar-refractivity contribution < 1.29 is 5.11 Å². The molecule has 0 saturated heterocycles. The molecule has 0 radical (unpaired) electrons. The van der Waals surface area contributed by atoms with E-state index in [-0.39, 0.29) is 11.5 Å². The molecule has 0 bridgehead atoms. The van der Waals surface area contributed by atoms with Gasteiger partial charge in [-0.2, -0.15) is 0 Å². The van der Waals surface area contributed by atoms with Gasteiger partial charge in [0.1, 0.15) is 0 Å². The van der Waals surface area contributed by atoms with E-state index < -0.39 is 0 Å². The third-order valence-electron chi connectivity index (χ3n) is 3.47. The van der Waals surface area contributed by atoms with E-state index in [1.54, 1.807) is 0 Å². The van der Waals surface area contributed by atoms with E-state index in [0.29, 0.717) is 5.92 Å². The zero-order chi connectivity index (χ0) is 7.35. The van der Waals surface area contributed by atoms with E-state index in [9.17, 15) is 5.11 Å². The van der Waals surface area contributed by atoms with Crippen LogP contribution in [0.5, 0.6) is 0 Å². The number of aliphatic hydroxyl groups is 1. The van der Waals surface area contributed by atoms with Gasteiger partial charge in [0, 0.05) is 0 Å². The van der Waals surface area contributed by atoms with E-state index >= 15 is 0 Å². The highest BCUT2D eigenvalue weighted by Crippen LogP contribution is 2.54. The van der Waals surface area contributed by atoms with Gasteiger partial charge in [-0.3, -0.25) is 0 Å². The van der Waals surface area contributed by atoms with Crippen LogP contribution in [0, 0.1) is 17.3 Å². The molecular weight excluding hydrogens is 124 g/mol. The van der Waals surface area contributed by atoms with Gasteiger partial charge in [0.25, 0.3) is 0 Å². The van der Waals surface area contributed by atoms with Crippen molar-refractivity contribution in [2.75, 3.05) is 0 Å². The lowest BCUT2D eigenvalue weighted by Crippen LogP contribution is -2.32. The summed E-state index contributed by atoms with van der Waals surface area (Å²) in [5.41, 5.74) is 0.214. The summed E-state index contributed by atoms with van der Waals surface area (Å²) < 4.78 is 0. The predicted molar refractivity (Wildman–Crippen MR) is 40.6 cm³/mol. The van der Waals surface area contributed by atoms with Crippen LogP contribution >= 0.6 is 0 Å². The Kier molecular flexibility index (Phi) is 1.17. The van der Waals surface area contributed by atoms with Crippen molar-refractivity contribution in [1.29, 1.82) is 0 Å². The summed E-state index contributed by atoms with van der Waals surface area (Å²) in [5.74, 6) is 1.53. The molecule has 0 amide bonds. The Morgan fingerprint density at radius 2 is 2.00 bits per heavy atom. The fraction of sp³-hybridized carbons (Fsp3) is 1.00. The second-order valence-electron chi connectivity index (χ2n) is 4.64. The van der Waals surface area contributed by atoms with Crippen LogP contribution in [0.4, 0.5) is 0 Å². The Balaban J connectivity index is 2.16. The van der Waals surface area contributed by atoms with Crippen molar-refractivity contribution >= 4 is 0 Å². The van der Waals surface area contributed by atoms with E-state index in [0.717, 1.165) is 5.92 Å². The van der Waals surface area contributed by atoms with Crippen LogP contribution in [0.15, 0.2) is 0 Å². The number of fused-ring (bicyclic) bond motifs is 1. The third-order valence-corrected chi connectivity index (χ3v) is 3.47. The highest BCUT2D eigenvalue weighted by molar-refractivity contribution is 5.01. The van der Waals surface area contributed by atoms with Crippen LogP contribution in [0.2, 0.25) is 0 Å². The van der Waals surface area contributed by atoms with Gasteiger partial charge in [-0.05, 0) is 36.5 Å². The molecule has 0 aliphatic heterocycles. The van der Waals surface area contributed by atoms with E-state index in [1.807, 2.05) is 0 Å². The van der Waals surface area contributed by atoms with Crippen molar-refractivity contribution in [3.8, 4) is 0 Å². The monoisotopic (exact) mass is 140 g/mol. The molecule has 2 fully saturated rings. The summed E-state index contributed by atoms with van der Waals surface area (Å²) in [6, 6.07) is 0. The summed E-state index contributed by atoms with van der Waals surface area (Å²) in [6.07, 6.45) is 3.88. The number of rotatable bonds is 0. The van der Waals surface area contributed by atoms with Gasteiger partial charge in [-0.25, -0.2) is 0 Å². The Morgan fingerprint density at radius 3 is 2.20 bits per heavy atom. The van der Waals surface area contributed by atoms with Crippen LogP contribution < -0.4 is 0 Å². The SMILES string of the molecule is CC1(C)C[C@H]2CC[C@H]2[C@H]1O. The molecule has 10 heavy (non-hydrogen) atoms. The van der Waals surface area contributed by atoms with Gasteiger partial charge in [0.2, 0.25) is 0 Å². The molecule has 1 nitrogen and oxygen atoms in total. The van der Waals surface area contributed by atoms with E-state index in [2.05, 4.69) is 13.8 Å². The molecule has 2 aliphatic rings. The maximum absolute atomic E-state index is 9.75. The molecule has 0 aromatic carbocycles. The molecule has 58 valence electrons. The molecule has 3 atom stereocenters. The van der Waals surface area contributed by atoms with Crippen molar-refractivity contribution in [3.63, 3.8) is 0 Å². The molecular formula is C9H16O. The molecule has 1 heteroatoms. The largest absolute Gasteiger partial charge is 0.392 e. The molecule has 0 aromatic rings. The van der Waals surface area contributed by atoms with Gasteiger partial charge < -0.3 is 5.11 Å². The maximum Gasteiger partial charge on any atom is 0.0622 e. The van der Waals surface area contributed by atoms with Crippen molar-refractivity contribution in [2.24, 2.45) is 17.3 Å². The average Bonchev–Trinajstić information content (AvgIpc) is 1.91. The van der Waals surface area contributed by atoms with Gasteiger partial charge in [-0.1, -0.05) is 13.8 Å². The van der Waals surface area contributed by atoms with Crippen molar-refractivity contribution in [2.45, 2.75) is 39.2 Å². The third kappa shape index (κ3) is 0.672. The zero-order valence-electron chi connectivity index (χ0n) is 6.80. The summed E-state index contributed by atoms with van der Waals surface area (Å²) in [4.78, 5) is 0. The van der Waals surface area contributed by atoms with Crippen LogP contribution in [-0.4, -0.2) is 11.2 Å². The Morgan fingerprint density at radius 1 is 1.30 bits per heavy atom. The number of aliphatic hydroxyl groups excluding tert-OH is 1. The highest BCUT2D eigenvalue weighted by Gasteiger charge is 2.51. The topological polar surface area (TPSA) is 20.2 Å². The first-order chi connectivity index (χ1) is 4.61. The van der Waals surface area contributed by atoms with Crippen LogP contribution in [0.1, 0.15) is 33.1 Å². The second kappa shape index (κ2) is 1.76. The second-order valence-corrected chi connectivity index (χ2v) is 4.64. The van der Waals surface area contributed by atoms with Gasteiger partial charge in [-0.15, -0.1) is 0 Å². The quantitative estimate of drug-likeness (QED) is 0.544. The van der Waals surface area contributed by atoms with E-state index in [4.69, 9.17) is 0 Å². The van der Waals surface area contributed by atoms with Crippen molar-refractivity contribution in [1.82, 2.24) is 0 Å². The van der Waals surface area contributed by atoms with E-state index in [1.165, 1.54) is 19.3 Å². The van der Waals surface area contributed by atoms with Crippen LogP contribution in [0.25, 0.3) is 0 Å². The standard InChI is InChI=1S/C9H16O/c1-9(2)5-6-3-4-7(6)8(9)10/h6-8,10H,3-5H2,1-2H3/t6-,7-,8-/m1/s1. The van der Waals surface area contributed by atoms with Gasteiger partial charge in [0.05, 0.1) is 6.10 Å². The number of hydrogen-bond acceptors (Lipinski definition) is 1. The molecule has 0 spiro atoms. The lowest BCUT2D eigenvalue weighted by atomic mass is 9.75. The lowest BCUT2D eigenvalue weighted by molar-refractivity contribution is 0.0203. The minimum Gasteiger partial charge on any atom is -0.392 e. The minimum absolute atomic E-state index is 0.00810. The fourth-order valence-corrected chi connectivity index (χ4v) is 2.64. The normalized spacial score (nSPS) is 50.1. The Hall–Kier alpha value is -0.0400. The minimum atomic E-state index is -0.00810. The predicted octanol–water partition coefficient (Wildman–Crippen LogP) is 1.80. The van der Waals surface area contributed by atoms with Crippen molar-refractivity contribution in [3.05, 3.63) is 0 Å². The first kappa shape index (κ1) is 6.66. The highest BCUT2D eigenvalue weighted by atomic mass is 16.3. The van der Waals surface area contributed by atoms with Crippen LogP contribution in [-0.2, 0) is 0 Å². The molecule has 2 aliphatic carbocycles. The zero-order valence-corrected chi connectivity index (χ0v) is 6.80. The molecule has 2 saturated carbocycles. The summed E-state index contributed by atoms with van der Waals surface area (Å²) >= 11 is 0. The number of hydrogen-bond donors (Lipinski definition) is 1. The van der Waals surface area contributed by atoms with Gasteiger partial charge in [0.15, 0.2) is 0 Å². The molecule has 1 N–H and O–H groups in total. The molecule has 2 rings (SSSR count). The maximum atomic E-state index is 9.75. The Labute approximate surface area is 62.4 Å². The fourth-order valence-electron chi connectivity index (χ4n) is 2.64. The molecule has 0 unspecified atom stereocenters. The summed E-state index contributed by atoms with van der Waals surface area (Å²) in [5, 5.41) is 9.75. The van der Waals surface area contributed by atoms with Gasteiger partial charge >= 0.3 is 0 Å². The average molecular weight is 140 g/mol. The summed E-state index contributed by atoms with van der Waals surface area (Å²) in [6.45, 7) is 4.38. The first-order valence-corrected chi connectivity index (χ1v) is 4.29. The lowest BCUT2D eigenvalue weighted by Gasteiger charge is -2.32. The first-order valence-electron chi connectivity index (χ1n) is 4.29. The smallest absolute Gasteiger partial charge is 0.0622 e. The summed E-state index contributed by atoms with van der Waals surface area (Å²) in [7, 11) is 0. The van der Waals surface area contributed by atoms with Crippen LogP contribution in [0.3, 0.4) is 0 Å². The Bertz CT molecular complexity index is 151.